The van der Waals surface area contributed by atoms with Gasteiger partial charge >= 0.3 is 0 Å². The Bertz CT molecular complexity index is 874. The Kier molecular flexibility index (Phi) is 4.67. The molecule has 0 spiro atoms. The molecule has 1 saturated carbocycles. The van der Waals surface area contributed by atoms with Crippen LogP contribution in [0.5, 0.6) is 5.75 Å². The number of hydrogen-bond donors (Lipinski definition) is 0. The van der Waals surface area contributed by atoms with E-state index < -0.39 is 0 Å². The third-order valence-corrected chi connectivity index (χ3v) is 5.34. The zero-order chi connectivity index (χ0) is 17.2. The van der Waals surface area contributed by atoms with E-state index in [1.54, 1.807) is 11.8 Å². The molecule has 1 aliphatic rings. The van der Waals surface area contributed by atoms with Gasteiger partial charge in [0.1, 0.15) is 18.2 Å². The van der Waals surface area contributed by atoms with E-state index in [2.05, 4.69) is 19.7 Å². The summed E-state index contributed by atoms with van der Waals surface area (Å²) in [5, 5.41) is 10.2. The molecule has 0 radical (unpaired) electrons. The highest BCUT2D eigenvalue weighted by molar-refractivity contribution is 7.98. The third-order valence-electron chi connectivity index (χ3n) is 4.09. The number of aromatic nitrogens is 5. The Morgan fingerprint density at radius 2 is 2.08 bits per heavy atom. The Balaban J connectivity index is 1.48. The number of nitrogens with zero attached hydrogens (tertiary/aromatic N) is 5. The van der Waals surface area contributed by atoms with Crippen LogP contribution in [0.3, 0.4) is 0 Å². The van der Waals surface area contributed by atoms with Crippen LogP contribution in [0.2, 0.25) is 5.02 Å². The zero-order valence-corrected chi connectivity index (χ0v) is 15.4. The van der Waals surface area contributed by atoms with Gasteiger partial charge in [-0.05, 0) is 25.0 Å². The van der Waals surface area contributed by atoms with E-state index in [1.807, 2.05) is 48.3 Å². The first-order valence-electron chi connectivity index (χ1n) is 8.12. The molecule has 1 aromatic carbocycles. The molecule has 0 saturated heterocycles. The number of halogens is 1. The second-order valence-corrected chi connectivity index (χ2v) is 7.31. The van der Waals surface area contributed by atoms with Crippen molar-refractivity contribution in [2.24, 2.45) is 7.05 Å². The van der Waals surface area contributed by atoms with E-state index in [9.17, 15) is 0 Å². The van der Waals surface area contributed by atoms with E-state index in [0.29, 0.717) is 23.4 Å². The molecule has 25 heavy (non-hydrogen) atoms. The molecular weight excluding hydrogens is 358 g/mol. The summed E-state index contributed by atoms with van der Waals surface area (Å²) in [7, 11) is 2.00. The summed E-state index contributed by atoms with van der Waals surface area (Å²) >= 11 is 7.81. The molecule has 0 bridgehead atoms. The van der Waals surface area contributed by atoms with Crippen molar-refractivity contribution in [1.82, 2.24) is 24.3 Å². The summed E-state index contributed by atoms with van der Waals surface area (Å²) in [5.74, 6) is 3.28. The maximum Gasteiger partial charge on any atom is 0.192 e. The predicted molar refractivity (Wildman–Crippen MR) is 96.8 cm³/mol. The van der Waals surface area contributed by atoms with Crippen molar-refractivity contribution in [1.29, 1.82) is 0 Å². The van der Waals surface area contributed by atoms with E-state index in [1.165, 1.54) is 0 Å². The van der Waals surface area contributed by atoms with Gasteiger partial charge in [0.25, 0.3) is 0 Å². The van der Waals surface area contributed by atoms with Crippen LogP contribution in [-0.4, -0.2) is 24.3 Å². The Labute approximate surface area is 155 Å². The van der Waals surface area contributed by atoms with Crippen molar-refractivity contribution in [3.63, 3.8) is 0 Å². The lowest BCUT2D eigenvalue weighted by Gasteiger charge is -2.10. The minimum atomic E-state index is 0.357. The number of para-hydroxylation sites is 1. The molecule has 3 aromatic rings. The quantitative estimate of drug-likeness (QED) is 0.587. The largest absolute Gasteiger partial charge is 0.484 e. The first-order valence-corrected chi connectivity index (χ1v) is 9.49. The normalized spacial score (nSPS) is 14.0. The summed E-state index contributed by atoms with van der Waals surface area (Å²) < 4.78 is 10.1. The molecule has 6 nitrogen and oxygen atoms in total. The van der Waals surface area contributed by atoms with Crippen LogP contribution in [-0.2, 0) is 19.4 Å². The number of imidazole rings is 1. The molecule has 2 aromatic heterocycles. The summed E-state index contributed by atoms with van der Waals surface area (Å²) in [5.41, 5.74) is 0. The summed E-state index contributed by atoms with van der Waals surface area (Å²) in [4.78, 5) is 4.36. The lowest BCUT2D eigenvalue weighted by atomic mass is 10.3. The molecule has 2 heterocycles. The van der Waals surface area contributed by atoms with Crippen molar-refractivity contribution in [3.8, 4) is 5.75 Å². The van der Waals surface area contributed by atoms with Gasteiger partial charge in [0, 0.05) is 25.5 Å². The van der Waals surface area contributed by atoms with Gasteiger partial charge in [-0.3, -0.25) is 4.57 Å². The van der Waals surface area contributed by atoms with E-state index >= 15 is 0 Å². The molecular formula is C17H18ClN5OS. The standard InChI is InChI=1S/C17H18ClN5OS/c1-22-9-8-19-16(22)11-25-17-21-20-15(23(17)12-6-7-12)10-24-14-5-3-2-4-13(14)18/h2-5,8-9,12H,6-7,10-11H2,1H3. The number of ether oxygens (including phenoxy) is 1. The molecule has 130 valence electrons. The average molecular weight is 376 g/mol. The summed E-state index contributed by atoms with van der Waals surface area (Å²) in [6, 6.07) is 7.94. The van der Waals surface area contributed by atoms with E-state index in [0.717, 1.165) is 35.4 Å². The van der Waals surface area contributed by atoms with Gasteiger partial charge < -0.3 is 9.30 Å². The molecule has 1 fully saturated rings. The van der Waals surface area contributed by atoms with Crippen molar-refractivity contribution in [2.45, 2.75) is 36.4 Å². The monoisotopic (exact) mass is 375 g/mol. The number of rotatable bonds is 7. The SMILES string of the molecule is Cn1ccnc1CSc1nnc(COc2ccccc2Cl)n1C1CC1. The second-order valence-electron chi connectivity index (χ2n) is 5.96. The molecule has 0 aliphatic heterocycles. The van der Waals surface area contributed by atoms with Gasteiger partial charge in [-0.15, -0.1) is 10.2 Å². The maximum atomic E-state index is 6.15. The molecule has 4 rings (SSSR count). The number of thioether (sulfide) groups is 1. The van der Waals surface area contributed by atoms with Crippen LogP contribution in [0, 0.1) is 0 Å². The highest BCUT2D eigenvalue weighted by Crippen LogP contribution is 2.39. The highest BCUT2D eigenvalue weighted by atomic mass is 35.5. The fraction of sp³-hybridized carbons (Fsp3) is 0.353. The minimum Gasteiger partial charge on any atom is -0.484 e. The third kappa shape index (κ3) is 3.67. The Hall–Kier alpha value is -1.99. The fourth-order valence-electron chi connectivity index (χ4n) is 2.57. The molecule has 0 amide bonds. The van der Waals surface area contributed by atoms with Gasteiger partial charge in [0.05, 0.1) is 10.8 Å². The van der Waals surface area contributed by atoms with Crippen LogP contribution >= 0.6 is 23.4 Å². The lowest BCUT2D eigenvalue weighted by molar-refractivity contribution is 0.288. The lowest BCUT2D eigenvalue weighted by Crippen LogP contribution is -2.07. The molecule has 0 unspecified atom stereocenters. The molecule has 1 aliphatic carbocycles. The molecule has 0 N–H and O–H groups in total. The van der Waals surface area contributed by atoms with Gasteiger partial charge in [-0.25, -0.2) is 4.98 Å². The van der Waals surface area contributed by atoms with Crippen LogP contribution in [0.1, 0.15) is 30.5 Å². The number of hydrogen-bond acceptors (Lipinski definition) is 5. The van der Waals surface area contributed by atoms with Crippen molar-refractivity contribution < 1.29 is 4.74 Å². The van der Waals surface area contributed by atoms with Crippen molar-refractivity contribution in [2.75, 3.05) is 0 Å². The summed E-state index contributed by atoms with van der Waals surface area (Å²) in [6.45, 7) is 0.357. The number of benzene rings is 1. The Morgan fingerprint density at radius 3 is 2.80 bits per heavy atom. The van der Waals surface area contributed by atoms with Gasteiger partial charge in [-0.1, -0.05) is 35.5 Å². The van der Waals surface area contributed by atoms with Crippen LogP contribution in [0.25, 0.3) is 0 Å². The van der Waals surface area contributed by atoms with Gasteiger partial charge in [-0.2, -0.15) is 0 Å². The fourth-order valence-corrected chi connectivity index (χ4v) is 3.79. The average Bonchev–Trinajstić information content (AvgIpc) is 3.24. The van der Waals surface area contributed by atoms with E-state index in [4.69, 9.17) is 16.3 Å². The molecule has 8 heteroatoms. The molecule has 0 atom stereocenters. The first kappa shape index (κ1) is 16.5. The van der Waals surface area contributed by atoms with Gasteiger partial charge in [0.2, 0.25) is 0 Å². The van der Waals surface area contributed by atoms with Crippen LogP contribution < -0.4 is 4.74 Å². The topological polar surface area (TPSA) is 57.8 Å². The first-order chi connectivity index (χ1) is 12.2. The van der Waals surface area contributed by atoms with Gasteiger partial charge in [0.15, 0.2) is 11.0 Å². The smallest absolute Gasteiger partial charge is 0.192 e. The van der Waals surface area contributed by atoms with Crippen LogP contribution in [0.15, 0.2) is 41.8 Å². The Morgan fingerprint density at radius 1 is 1.24 bits per heavy atom. The van der Waals surface area contributed by atoms with Crippen molar-refractivity contribution in [3.05, 3.63) is 53.3 Å². The zero-order valence-electron chi connectivity index (χ0n) is 13.8. The maximum absolute atomic E-state index is 6.15. The number of aryl methyl sites for hydroxylation is 1. The minimum absolute atomic E-state index is 0.357. The summed E-state index contributed by atoms with van der Waals surface area (Å²) in [6.07, 6.45) is 6.08. The highest BCUT2D eigenvalue weighted by Gasteiger charge is 2.30. The van der Waals surface area contributed by atoms with Crippen molar-refractivity contribution >= 4 is 23.4 Å². The predicted octanol–water partition coefficient (Wildman–Crippen LogP) is 3.87. The van der Waals surface area contributed by atoms with E-state index in [-0.39, 0.29) is 0 Å². The van der Waals surface area contributed by atoms with Crippen LogP contribution in [0.4, 0.5) is 0 Å². The second kappa shape index (κ2) is 7.09.